The molecule has 0 radical (unpaired) electrons. The Kier molecular flexibility index (Phi) is 3.41. The van der Waals surface area contributed by atoms with Crippen LogP contribution in [-0.4, -0.2) is 21.0 Å². The van der Waals surface area contributed by atoms with Crippen molar-refractivity contribution >= 4 is 5.91 Å². The first-order chi connectivity index (χ1) is 11.7. The summed E-state index contributed by atoms with van der Waals surface area (Å²) in [4.78, 5) is 20.8. The van der Waals surface area contributed by atoms with Crippen molar-refractivity contribution < 1.29 is 13.7 Å². The van der Waals surface area contributed by atoms with E-state index in [0.717, 1.165) is 24.8 Å². The van der Waals surface area contributed by atoms with Crippen LogP contribution in [0.1, 0.15) is 41.3 Å². The smallest absolute Gasteiger partial charge is 0.252 e. The van der Waals surface area contributed by atoms with E-state index in [1.165, 1.54) is 6.39 Å². The monoisotopic (exact) mass is 324 g/mol. The fourth-order valence-corrected chi connectivity index (χ4v) is 2.86. The van der Waals surface area contributed by atoms with Gasteiger partial charge in [0, 0.05) is 18.1 Å². The molecule has 1 aromatic carbocycles. The van der Waals surface area contributed by atoms with Gasteiger partial charge in [0.05, 0.1) is 6.20 Å². The van der Waals surface area contributed by atoms with E-state index in [2.05, 4.69) is 20.4 Å². The number of carbonyl (C=O) groups excluding carboxylic acids is 1. The van der Waals surface area contributed by atoms with Crippen molar-refractivity contribution in [2.75, 3.05) is 0 Å². The summed E-state index contributed by atoms with van der Waals surface area (Å²) in [6.45, 7) is 1.74. The van der Waals surface area contributed by atoms with Gasteiger partial charge in [-0.15, -0.1) is 0 Å². The van der Waals surface area contributed by atoms with Crippen LogP contribution < -0.4 is 5.32 Å². The lowest BCUT2D eigenvalue weighted by Crippen LogP contribution is -2.51. The number of amides is 1. The number of nitrogens with zero attached hydrogens (tertiary/aromatic N) is 3. The van der Waals surface area contributed by atoms with E-state index >= 15 is 0 Å². The second kappa shape index (κ2) is 5.59. The molecular formula is C17H16N4O3. The van der Waals surface area contributed by atoms with Gasteiger partial charge < -0.3 is 14.3 Å². The molecule has 1 amide bonds. The Morgan fingerprint density at radius 2 is 2.04 bits per heavy atom. The van der Waals surface area contributed by atoms with Crippen molar-refractivity contribution in [1.82, 2.24) is 20.4 Å². The molecule has 1 fully saturated rings. The van der Waals surface area contributed by atoms with Gasteiger partial charge in [0.2, 0.25) is 5.89 Å². The molecule has 1 aliphatic carbocycles. The number of hydrogen-bond acceptors (Lipinski definition) is 6. The van der Waals surface area contributed by atoms with Crippen LogP contribution in [0, 0.1) is 6.92 Å². The molecule has 2 heterocycles. The number of rotatable bonds is 4. The van der Waals surface area contributed by atoms with Gasteiger partial charge in [-0.25, -0.2) is 4.98 Å². The van der Waals surface area contributed by atoms with Crippen molar-refractivity contribution in [3.63, 3.8) is 0 Å². The molecule has 0 aliphatic heterocycles. The van der Waals surface area contributed by atoms with E-state index in [1.54, 1.807) is 25.3 Å². The summed E-state index contributed by atoms with van der Waals surface area (Å²) < 4.78 is 10.3. The molecule has 0 spiro atoms. The van der Waals surface area contributed by atoms with E-state index < -0.39 is 5.54 Å². The van der Waals surface area contributed by atoms with Gasteiger partial charge >= 0.3 is 0 Å². The highest BCUT2D eigenvalue weighted by Crippen LogP contribution is 2.40. The van der Waals surface area contributed by atoms with Crippen LogP contribution >= 0.6 is 0 Å². The second-order valence-corrected chi connectivity index (χ2v) is 5.97. The lowest BCUT2D eigenvalue weighted by atomic mass is 9.76. The van der Waals surface area contributed by atoms with E-state index in [0.29, 0.717) is 23.0 Å². The summed E-state index contributed by atoms with van der Waals surface area (Å²) in [7, 11) is 0. The molecule has 0 saturated heterocycles. The zero-order valence-electron chi connectivity index (χ0n) is 13.2. The minimum atomic E-state index is -0.515. The fourth-order valence-electron chi connectivity index (χ4n) is 2.86. The average Bonchev–Trinajstić information content (AvgIpc) is 3.22. The maximum atomic E-state index is 12.6. The Morgan fingerprint density at radius 1 is 1.25 bits per heavy atom. The van der Waals surface area contributed by atoms with Crippen LogP contribution in [0.2, 0.25) is 0 Å². The molecule has 1 aliphatic rings. The third-order valence-electron chi connectivity index (χ3n) is 4.38. The predicted octanol–water partition coefficient (Wildman–Crippen LogP) is 2.84. The van der Waals surface area contributed by atoms with Gasteiger partial charge in [0.25, 0.3) is 5.91 Å². The van der Waals surface area contributed by atoms with E-state index in [4.69, 9.17) is 8.94 Å². The lowest BCUT2D eigenvalue weighted by molar-refractivity contribution is 0.0805. The second-order valence-electron chi connectivity index (χ2n) is 5.97. The molecule has 7 nitrogen and oxygen atoms in total. The molecule has 24 heavy (non-hydrogen) atoms. The van der Waals surface area contributed by atoms with Crippen molar-refractivity contribution in [2.45, 2.75) is 31.7 Å². The normalized spacial score (nSPS) is 15.7. The number of carbonyl (C=O) groups is 1. The van der Waals surface area contributed by atoms with Crippen LogP contribution in [-0.2, 0) is 5.54 Å². The minimum absolute atomic E-state index is 0.152. The molecular weight excluding hydrogens is 308 g/mol. The molecule has 2 aromatic heterocycles. The summed E-state index contributed by atoms with van der Waals surface area (Å²) in [6, 6.07) is 7.20. The van der Waals surface area contributed by atoms with Crippen molar-refractivity contribution in [3.8, 4) is 11.3 Å². The number of oxazole rings is 1. The molecule has 4 rings (SSSR count). The Hall–Kier alpha value is -2.96. The molecule has 1 saturated carbocycles. The van der Waals surface area contributed by atoms with Gasteiger partial charge in [-0.05, 0) is 31.4 Å². The highest BCUT2D eigenvalue weighted by molar-refractivity contribution is 5.95. The molecule has 1 N–H and O–H groups in total. The van der Waals surface area contributed by atoms with Crippen LogP contribution in [0.15, 0.2) is 45.8 Å². The van der Waals surface area contributed by atoms with Gasteiger partial charge in [0.1, 0.15) is 5.54 Å². The average molecular weight is 324 g/mol. The predicted molar refractivity (Wildman–Crippen MR) is 84.0 cm³/mol. The van der Waals surface area contributed by atoms with E-state index in [1.807, 2.05) is 12.1 Å². The summed E-state index contributed by atoms with van der Waals surface area (Å²) >= 11 is 0. The summed E-state index contributed by atoms with van der Waals surface area (Å²) in [5.41, 5.74) is 0.930. The highest BCUT2D eigenvalue weighted by Gasteiger charge is 2.44. The first kappa shape index (κ1) is 14.6. The molecule has 3 aromatic rings. The molecule has 122 valence electrons. The zero-order chi connectivity index (χ0) is 16.6. The van der Waals surface area contributed by atoms with Crippen LogP contribution in [0.4, 0.5) is 0 Å². The number of hydrogen-bond donors (Lipinski definition) is 1. The van der Waals surface area contributed by atoms with Gasteiger partial charge in [-0.1, -0.05) is 17.3 Å². The summed E-state index contributed by atoms with van der Waals surface area (Å²) in [6.07, 6.45) is 5.67. The number of aryl methyl sites for hydroxylation is 1. The molecule has 7 heteroatoms. The molecule has 0 bridgehead atoms. The maximum Gasteiger partial charge on any atom is 0.252 e. The third kappa shape index (κ3) is 2.47. The Balaban J connectivity index is 1.53. The maximum absolute atomic E-state index is 12.6. The molecule has 0 atom stereocenters. The highest BCUT2D eigenvalue weighted by atomic mass is 16.5. The topological polar surface area (TPSA) is 94.1 Å². The van der Waals surface area contributed by atoms with E-state index in [9.17, 15) is 4.79 Å². The minimum Gasteiger partial charge on any atom is -0.444 e. The van der Waals surface area contributed by atoms with Crippen molar-refractivity contribution in [2.24, 2.45) is 0 Å². The SMILES string of the molecule is Cc1nc(C2(NC(=O)c3ccc(-c4cnco4)cc3)CCC2)no1. The zero-order valence-corrected chi connectivity index (χ0v) is 13.2. The largest absolute Gasteiger partial charge is 0.444 e. The number of aromatic nitrogens is 3. The first-order valence-electron chi connectivity index (χ1n) is 7.79. The third-order valence-corrected chi connectivity index (χ3v) is 4.38. The fraction of sp³-hybridized carbons (Fsp3) is 0.294. The standard InChI is InChI=1S/C17H16N4O3/c1-11-19-16(21-24-11)17(7-2-8-17)20-15(22)13-5-3-12(4-6-13)14-9-18-10-23-14/h3-6,9-10H,2,7-8H2,1H3,(H,20,22). The Labute approximate surface area is 138 Å². The summed E-state index contributed by atoms with van der Waals surface area (Å²) in [5, 5.41) is 7.05. The van der Waals surface area contributed by atoms with Crippen LogP contribution in [0.3, 0.4) is 0 Å². The molecule has 0 unspecified atom stereocenters. The summed E-state index contributed by atoms with van der Waals surface area (Å²) in [5.74, 6) is 1.57. The van der Waals surface area contributed by atoms with Gasteiger partial charge in [-0.3, -0.25) is 4.79 Å². The van der Waals surface area contributed by atoms with Crippen LogP contribution in [0.25, 0.3) is 11.3 Å². The Morgan fingerprint density at radius 3 is 2.58 bits per heavy atom. The quantitative estimate of drug-likeness (QED) is 0.793. The number of benzene rings is 1. The van der Waals surface area contributed by atoms with Crippen molar-refractivity contribution in [3.05, 3.63) is 54.1 Å². The van der Waals surface area contributed by atoms with Gasteiger partial charge in [0.15, 0.2) is 18.0 Å². The first-order valence-corrected chi connectivity index (χ1v) is 7.79. The van der Waals surface area contributed by atoms with Gasteiger partial charge in [-0.2, -0.15) is 4.98 Å². The van der Waals surface area contributed by atoms with E-state index in [-0.39, 0.29) is 5.91 Å². The van der Waals surface area contributed by atoms with Crippen LogP contribution in [0.5, 0.6) is 0 Å². The Bertz CT molecular complexity index is 848. The lowest BCUT2D eigenvalue weighted by Gasteiger charge is -2.39. The number of nitrogens with one attached hydrogen (secondary N) is 1. The van der Waals surface area contributed by atoms with Crippen molar-refractivity contribution in [1.29, 1.82) is 0 Å².